The van der Waals surface area contributed by atoms with Gasteiger partial charge < -0.3 is 11.1 Å². The summed E-state index contributed by atoms with van der Waals surface area (Å²) in [6.45, 7) is 2.75. The van der Waals surface area contributed by atoms with Crippen LogP contribution in [0.1, 0.15) is 11.3 Å². The van der Waals surface area contributed by atoms with Gasteiger partial charge in [0.05, 0.1) is 11.9 Å². The summed E-state index contributed by atoms with van der Waals surface area (Å²) in [6, 6.07) is 3.77. The van der Waals surface area contributed by atoms with Crippen LogP contribution in [-0.2, 0) is 13.5 Å². The second-order valence-electron chi connectivity index (χ2n) is 4.09. The van der Waals surface area contributed by atoms with E-state index in [0.29, 0.717) is 5.69 Å². The maximum atomic E-state index is 5.83. The van der Waals surface area contributed by atoms with Crippen molar-refractivity contribution in [2.45, 2.75) is 13.3 Å². The Kier molecular flexibility index (Phi) is 3.27. The van der Waals surface area contributed by atoms with E-state index in [0.717, 1.165) is 24.5 Å². The monoisotopic (exact) mass is 231 g/mol. The molecule has 0 unspecified atom stereocenters. The summed E-state index contributed by atoms with van der Waals surface area (Å²) in [5, 5.41) is 7.36. The Morgan fingerprint density at radius 1 is 1.41 bits per heavy atom. The van der Waals surface area contributed by atoms with Crippen LogP contribution >= 0.6 is 0 Å². The van der Waals surface area contributed by atoms with Crippen LogP contribution in [0.25, 0.3) is 0 Å². The minimum Gasteiger partial charge on any atom is -0.396 e. The van der Waals surface area contributed by atoms with Crippen molar-refractivity contribution >= 4 is 11.5 Å². The summed E-state index contributed by atoms with van der Waals surface area (Å²) in [6.07, 6.45) is 4.78. The molecule has 0 radical (unpaired) electrons. The Labute approximate surface area is 101 Å². The van der Waals surface area contributed by atoms with Gasteiger partial charge in [0.1, 0.15) is 5.82 Å². The molecular formula is C12H17N5. The first kappa shape index (κ1) is 11.4. The number of pyridine rings is 1. The number of nitrogens with one attached hydrogen (secondary N) is 1. The second kappa shape index (κ2) is 4.86. The summed E-state index contributed by atoms with van der Waals surface area (Å²) in [7, 11) is 1.91. The summed E-state index contributed by atoms with van der Waals surface area (Å²) >= 11 is 0. The third-order valence-electron chi connectivity index (χ3n) is 2.53. The van der Waals surface area contributed by atoms with E-state index >= 15 is 0 Å². The van der Waals surface area contributed by atoms with Crippen LogP contribution in [-0.4, -0.2) is 21.3 Å². The largest absolute Gasteiger partial charge is 0.396 e. The van der Waals surface area contributed by atoms with Crippen LogP contribution in [0.4, 0.5) is 11.5 Å². The predicted octanol–water partition coefficient (Wildman–Crippen LogP) is 1.36. The van der Waals surface area contributed by atoms with Gasteiger partial charge in [-0.2, -0.15) is 5.10 Å². The zero-order chi connectivity index (χ0) is 12.3. The highest BCUT2D eigenvalue weighted by atomic mass is 15.2. The Balaban J connectivity index is 1.91. The molecule has 0 fully saturated rings. The van der Waals surface area contributed by atoms with Crippen molar-refractivity contribution in [1.82, 2.24) is 14.8 Å². The Morgan fingerprint density at radius 2 is 2.24 bits per heavy atom. The van der Waals surface area contributed by atoms with Crippen LogP contribution in [0, 0.1) is 6.92 Å². The number of nitrogens with two attached hydrogens (primary N) is 1. The quantitative estimate of drug-likeness (QED) is 0.833. The van der Waals surface area contributed by atoms with Crippen molar-refractivity contribution < 1.29 is 0 Å². The number of anilines is 2. The zero-order valence-corrected chi connectivity index (χ0v) is 10.1. The number of aryl methyl sites for hydroxylation is 2. The van der Waals surface area contributed by atoms with E-state index in [1.165, 1.54) is 5.56 Å². The summed E-state index contributed by atoms with van der Waals surface area (Å²) < 4.78 is 1.80. The average molecular weight is 231 g/mol. The minimum absolute atomic E-state index is 0.682. The van der Waals surface area contributed by atoms with E-state index in [4.69, 9.17) is 5.73 Å². The number of rotatable bonds is 4. The van der Waals surface area contributed by atoms with Gasteiger partial charge in [0.15, 0.2) is 0 Å². The molecule has 0 aliphatic carbocycles. The third kappa shape index (κ3) is 2.96. The molecule has 2 heterocycles. The molecule has 2 aromatic heterocycles. The SMILES string of the molecule is Cc1ccc(N)c(NCCc2cnn(C)c2)n1. The van der Waals surface area contributed by atoms with E-state index in [1.807, 2.05) is 38.5 Å². The lowest BCUT2D eigenvalue weighted by Crippen LogP contribution is -2.08. The van der Waals surface area contributed by atoms with E-state index in [2.05, 4.69) is 15.4 Å². The molecule has 3 N–H and O–H groups in total. The first-order valence-electron chi connectivity index (χ1n) is 5.59. The number of nitrogens with zero attached hydrogens (tertiary/aromatic N) is 3. The Bertz CT molecular complexity index is 503. The van der Waals surface area contributed by atoms with Crippen molar-refractivity contribution in [2.75, 3.05) is 17.6 Å². The van der Waals surface area contributed by atoms with E-state index in [1.54, 1.807) is 4.68 Å². The van der Waals surface area contributed by atoms with E-state index < -0.39 is 0 Å². The van der Waals surface area contributed by atoms with Crippen molar-refractivity contribution in [3.05, 3.63) is 35.8 Å². The minimum atomic E-state index is 0.682. The molecule has 0 bridgehead atoms. The lowest BCUT2D eigenvalue weighted by Gasteiger charge is -2.08. The van der Waals surface area contributed by atoms with Crippen LogP contribution in [0.3, 0.4) is 0 Å². The van der Waals surface area contributed by atoms with Crippen LogP contribution in [0.2, 0.25) is 0 Å². The highest BCUT2D eigenvalue weighted by Crippen LogP contribution is 2.15. The molecule has 2 aromatic rings. The number of hydrogen-bond donors (Lipinski definition) is 2. The van der Waals surface area contributed by atoms with Gasteiger partial charge in [-0.05, 0) is 31.0 Å². The van der Waals surface area contributed by atoms with Crippen molar-refractivity contribution in [3.8, 4) is 0 Å². The fraction of sp³-hybridized carbons (Fsp3) is 0.333. The topological polar surface area (TPSA) is 68.8 Å². The molecule has 5 nitrogen and oxygen atoms in total. The maximum absolute atomic E-state index is 5.83. The Morgan fingerprint density at radius 3 is 2.94 bits per heavy atom. The fourth-order valence-corrected chi connectivity index (χ4v) is 1.64. The molecule has 5 heteroatoms. The average Bonchev–Trinajstić information content (AvgIpc) is 2.69. The zero-order valence-electron chi connectivity index (χ0n) is 10.1. The summed E-state index contributed by atoms with van der Waals surface area (Å²) in [4.78, 5) is 4.35. The maximum Gasteiger partial charge on any atom is 0.149 e. The smallest absolute Gasteiger partial charge is 0.149 e. The molecule has 0 aromatic carbocycles. The molecule has 2 rings (SSSR count). The summed E-state index contributed by atoms with van der Waals surface area (Å²) in [5.41, 5.74) is 8.68. The van der Waals surface area contributed by atoms with Crippen LogP contribution in [0.15, 0.2) is 24.5 Å². The van der Waals surface area contributed by atoms with Crippen LogP contribution < -0.4 is 11.1 Å². The molecule has 0 aliphatic heterocycles. The van der Waals surface area contributed by atoms with Crippen LogP contribution in [0.5, 0.6) is 0 Å². The van der Waals surface area contributed by atoms with Gasteiger partial charge in [0.2, 0.25) is 0 Å². The van der Waals surface area contributed by atoms with Crippen molar-refractivity contribution in [1.29, 1.82) is 0 Å². The Hall–Kier alpha value is -2.04. The fourth-order valence-electron chi connectivity index (χ4n) is 1.64. The summed E-state index contributed by atoms with van der Waals surface area (Å²) in [5.74, 6) is 0.758. The lowest BCUT2D eigenvalue weighted by molar-refractivity contribution is 0.767. The number of hydrogen-bond acceptors (Lipinski definition) is 4. The van der Waals surface area contributed by atoms with Crippen molar-refractivity contribution in [2.24, 2.45) is 7.05 Å². The van der Waals surface area contributed by atoms with Gasteiger partial charge in [-0.3, -0.25) is 4.68 Å². The second-order valence-corrected chi connectivity index (χ2v) is 4.09. The predicted molar refractivity (Wildman–Crippen MR) is 68.8 cm³/mol. The first-order valence-corrected chi connectivity index (χ1v) is 5.59. The number of nitrogen functional groups attached to an aromatic ring is 1. The third-order valence-corrected chi connectivity index (χ3v) is 2.53. The van der Waals surface area contributed by atoms with Gasteiger partial charge in [-0.25, -0.2) is 4.98 Å². The van der Waals surface area contributed by atoms with E-state index in [-0.39, 0.29) is 0 Å². The van der Waals surface area contributed by atoms with E-state index in [9.17, 15) is 0 Å². The molecular weight excluding hydrogens is 214 g/mol. The van der Waals surface area contributed by atoms with Gasteiger partial charge in [-0.1, -0.05) is 0 Å². The molecule has 90 valence electrons. The highest BCUT2D eigenvalue weighted by Gasteiger charge is 2.01. The van der Waals surface area contributed by atoms with Gasteiger partial charge >= 0.3 is 0 Å². The molecule has 0 atom stereocenters. The molecule has 0 saturated heterocycles. The normalized spacial score (nSPS) is 10.5. The molecule has 0 saturated carbocycles. The van der Waals surface area contributed by atoms with Gasteiger partial charge in [-0.15, -0.1) is 0 Å². The molecule has 0 aliphatic rings. The molecule has 17 heavy (non-hydrogen) atoms. The van der Waals surface area contributed by atoms with Gasteiger partial charge in [0, 0.05) is 25.5 Å². The lowest BCUT2D eigenvalue weighted by atomic mass is 10.2. The molecule has 0 amide bonds. The standard InChI is InChI=1S/C12H17N5/c1-9-3-4-11(13)12(16-9)14-6-5-10-7-15-17(2)8-10/h3-4,7-8H,5-6,13H2,1-2H3,(H,14,16). The first-order chi connectivity index (χ1) is 8.15. The molecule has 0 spiro atoms. The highest BCUT2D eigenvalue weighted by molar-refractivity contribution is 5.61. The number of aromatic nitrogens is 3. The van der Waals surface area contributed by atoms with Crippen molar-refractivity contribution in [3.63, 3.8) is 0 Å². The van der Waals surface area contributed by atoms with Gasteiger partial charge in [0.25, 0.3) is 0 Å².